The van der Waals surface area contributed by atoms with Crippen LogP contribution >= 0.6 is 0 Å². The van der Waals surface area contributed by atoms with Gasteiger partial charge in [0.2, 0.25) is 0 Å². The van der Waals surface area contributed by atoms with Crippen LogP contribution in [0.3, 0.4) is 0 Å². The number of hydrogen-bond acceptors (Lipinski definition) is 4. The van der Waals surface area contributed by atoms with Gasteiger partial charge in [0, 0.05) is 30.0 Å². The predicted octanol–water partition coefficient (Wildman–Crippen LogP) is 5.88. The Morgan fingerprint density at radius 2 is 1.64 bits per heavy atom. The average Bonchev–Trinajstić information content (AvgIpc) is 3.21. The van der Waals surface area contributed by atoms with Crippen LogP contribution in [0.4, 0.5) is 18.9 Å². The molecule has 1 aliphatic heterocycles. The fourth-order valence-corrected chi connectivity index (χ4v) is 4.52. The Hall–Kier alpha value is -3.86. The van der Waals surface area contributed by atoms with E-state index in [4.69, 9.17) is 0 Å². The lowest BCUT2D eigenvalue weighted by molar-refractivity contribution is 0.498. The van der Waals surface area contributed by atoms with E-state index in [1.54, 1.807) is 6.92 Å². The zero-order valence-corrected chi connectivity index (χ0v) is 17.9. The first-order chi connectivity index (χ1) is 16.0. The zero-order valence-electron chi connectivity index (χ0n) is 17.9. The van der Waals surface area contributed by atoms with Gasteiger partial charge in [-0.2, -0.15) is 10.4 Å². The molecule has 3 heterocycles. The van der Waals surface area contributed by atoms with E-state index in [9.17, 15) is 18.4 Å². The summed E-state index contributed by atoms with van der Waals surface area (Å²) in [6.07, 6.45) is 3.52. The van der Waals surface area contributed by atoms with Gasteiger partial charge in [-0.15, -0.1) is 0 Å². The van der Waals surface area contributed by atoms with Crippen LogP contribution in [0.2, 0.25) is 0 Å². The number of nitrogens with zero attached hydrogens (tertiary/aromatic N) is 4. The topological polar surface area (TPSA) is 68.6 Å². The second kappa shape index (κ2) is 8.24. The average molecular weight is 447 g/mol. The molecule has 1 aliphatic rings. The first kappa shape index (κ1) is 21.0. The molecule has 5 nitrogen and oxygen atoms in total. The number of H-pyrrole nitrogens is 1. The van der Waals surface area contributed by atoms with Crippen molar-refractivity contribution < 1.29 is 13.2 Å². The molecule has 0 aliphatic carbocycles. The fraction of sp³-hybridized carbons (Fsp3) is 0.240. The van der Waals surface area contributed by atoms with Gasteiger partial charge < -0.3 is 4.90 Å². The molecule has 0 amide bonds. The van der Waals surface area contributed by atoms with Gasteiger partial charge in [0.25, 0.3) is 0 Å². The molecule has 0 atom stereocenters. The first-order valence-corrected chi connectivity index (χ1v) is 10.8. The second-order valence-corrected chi connectivity index (χ2v) is 8.18. The largest absolute Gasteiger partial charge is 0.372 e. The number of rotatable bonds is 3. The second-order valence-electron chi connectivity index (χ2n) is 8.18. The standard InChI is InChI=1S/C25H20F3N5/c1-14-20-21(15-5-7-16(8-6-15)33-11-3-2-4-12-33)17(13-29)24(30-25(20)32-31-14)22-18(26)9-10-19(27)23(22)28/h5-10H,2-4,11-12H2,1H3,(H,30,31,32). The molecule has 8 heteroatoms. The number of benzene rings is 2. The number of nitriles is 1. The van der Waals surface area contributed by atoms with Gasteiger partial charge in [-0.25, -0.2) is 18.2 Å². The predicted molar refractivity (Wildman–Crippen MR) is 120 cm³/mol. The number of nitrogens with one attached hydrogen (secondary N) is 1. The van der Waals surface area contributed by atoms with Gasteiger partial charge in [-0.1, -0.05) is 12.1 Å². The number of aromatic amines is 1. The highest BCUT2D eigenvalue weighted by atomic mass is 19.2. The van der Waals surface area contributed by atoms with E-state index in [-0.39, 0.29) is 16.9 Å². The molecular weight excluding hydrogens is 427 g/mol. The highest BCUT2D eigenvalue weighted by Gasteiger charge is 2.26. The SMILES string of the molecule is Cc1[nH]nc2nc(-c3c(F)ccc(F)c3F)c(C#N)c(-c3ccc(N4CCCCC4)cc3)c12. The Morgan fingerprint density at radius 3 is 2.33 bits per heavy atom. The third-order valence-electron chi connectivity index (χ3n) is 6.15. The van der Waals surface area contributed by atoms with E-state index < -0.39 is 23.0 Å². The molecule has 33 heavy (non-hydrogen) atoms. The molecular formula is C25H20F3N5. The Kier molecular flexibility index (Phi) is 5.25. The molecule has 0 saturated carbocycles. The van der Waals surface area contributed by atoms with Crippen molar-refractivity contribution in [1.29, 1.82) is 5.26 Å². The Balaban J connectivity index is 1.75. The summed E-state index contributed by atoms with van der Waals surface area (Å²) in [5, 5.41) is 17.6. The fourth-order valence-electron chi connectivity index (χ4n) is 4.52. The van der Waals surface area contributed by atoms with Crippen molar-refractivity contribution >= 4 is 16.7 Å². The van der Waals surface area contributed by atoms with Gasteiger partial charge in [0.1, 0.15) is 11.9 Å². The maximum Gasteiger partial charge on any atom is 0.182 e. The summed E-state index contributed by atoms with van der Waals surface area (Å²) >= 11 is 0. The number of pyridine rings is 1. The minimum atomic E-state index is -1.39. The lowest BCUT2D eigenvalue weighted by Gasteiger charge is -2.29. The quantitative estimate of drug-likeness (QED) is 0.398. The number of aromatic nitrogens is 3. The van der Waals surface area contributed by atoms with Crippen LogP contribution in [-0.4, -0.2) is 28.3 Å². The Morgan fingerprint density at radius 1 is 0.939 bits per heavy atom. The molecule has 1 saturated heterocycles. The first-order valence-electron chi connectivity index (χ1n) is 10.8. The normalized spacial score (nSPS) is 14.0. The van der Waals surface area contributed by atoms with Crippen LogP contribution in [-0.2, 0) is 0 Å². The molecule has 0 unspecified atom stereocenters. The van der Waals surface area contributed by atoms with Crippen LogP contribution in [0.25, 0.3) is 33.4 Å². The monoisotopic (exact) mass is 447 g/mol. The minimum absolute atomic E-state index is 0.0406. The van der Waals surface area contributed by atoms with Crippen molar-refractivity contribution in [1.82, 2.24) is 15.2 Å². The van der Waals surface area contributed by atoms with Crippen LogP contribution in [0.1, 0.15) is 30.5 Å². The number of anilines is 1. The smallest absolute Gasteiger partial charge is 0.182 e. The molecule has 1 N–H and O–H groups in total. The number of fused-ring (bicyclic) bond motifs is 1. The minimum Gasteiger partial charge on any atom is -0.372 e. The van der Waals surface area contributed by atoms with E-state index in [0.29, 0.717) is 28.3 Å². The van der Waals surface area contributed by atoms with E-state index in [0.717, 1.165) is 37.7 Å². The van der Waals surface area contributed by atoms with E-state index in [2.05, 4.69) is 26.2 Å². The summed E-state index contributed by atoms with van der Waals surface area (Å²) in [6, 6.07) is 11.3. The van der Waals surface area contributed by atoms with Crippen LogP contribution in [0, 0.1) is 35.7 Å². The summed E-state index contributed by atoms with van der Waals surface area (Å²) in [4.78, 5) is 6.57. The molecule has 2 aromatic carbocycles. The molecule has 0 bridgehead atoms. The third-order valence-corrected chi connectivity index (χ3v) is 6.15. The lowest BCUT2D eigenvalue weighted by Crippen LogP contribution is -2.29. The number of hydrogen-bond donors (Lipinski definition) is 1. The van der Waals surface area contributed by atoms with Crippen molar-refractivity contribution in [3.05, 3.63) is 65.1 Å². The van der Waals surface area contributed by atoms with Gasteiger partial charge in [0.15, 0.2) is 17.3 Å². The van der Waals surface area contributed by atoms with E-state index >= 15 is 0 Å². The van der Waals surface area contributed by atoms with Crippen molar-refractivity contribution in [2.45, 2.75) is 26.2 Å². The summed E-state index contributed by atoms with van der Waals surface area (Å²) in [7, 11) is 0. The lowest BCUT2D eigenvalue weighted by atomic mass is 9.92. The number of aryl methyl sites for hydroxylation is 1. The molecule has 2 aromatic heterocycles. The summed E-state index contributed by atoms with van der Waals surface area (Å²) in [6.45, 7) is 3.77. The molecule has 0 radical (unpaired) electrons. The van der Waals surface area contributed by atoms with Gasteiger partial charge in [0.05, 0.1) is 22.2 Å². The maximum absolute atomic E-state index is 14.7. The van der Waals surface area contributed by atoms with Crippen molar-refractivity contribution in [3.63, 3.8) is 0 Å². The molecule has 1 fully saturated rings. The van der Waals surface area contributed by atoms with Gasteiger partial charge in [-0.05, 0) is 56.0 Å². The molecule has 5 rings (SSSR count). The highest BCUT2D eigenvalue weighted by Crippen LogP contribution is 2.39. The van der Waals surface area contributed by atoms with Crippen molar-refractivity contribution in [2.75, 3.05) is 18.0 Å². The van der Waals surface area contributed by atoms with E-state index in [1.165, 1.54) is 6.42 Å². The van der Waals surface area contributed by atoms with Crippen molar-refractivity contribution in [3.8, 4) is 28.5 Å². The van der Waals surface area contributed by atoms with Crippen LogP contribution in [0.5, 0.6) is 0 Å². The van der Waals surface area contributed by atoms with Crippen molar-refractivity contribution in [2.24, 2.45) is 0 Å². The van der Waals surface area contributed by atoms with Gasteiger partial charge >= 0.3 is 0 Å². The molecule has 4 aromatic rings. The van der Waals surface area contributed by atoms with Crippen LogP contribution in [0.15, 0.2) is 36.4 Å². The number of piperidine rings is 1. The zero-order chi connectivity index (χ0) is 23.1. The maximum atomic E-state index is 14.7. The Labute approximate surface area is 188 Å². The van der Waals surface area contributed by atoms with E-state index in [1.807, 2.05) is 24.3 Å². The third kappa shape index (κ3) is 3.50. The molecule has 0 spiro atoms. The highest BCUT2D eigenvalue weighted by molar-refractivity contribution is 6.01. The Bertz CT molecular complexity index is 1400. The summed E-state index contributed by atoms with van der Waals surface area (Å²) < 4.78 is 43.3. The summed E-state index contributed by atoms with van der Waals surface area (Å²) in [5.74, 6) is -3.62. The summed E-state index contributed by atoms with van der Waals surface area (Å²) in [5.41, 5.74) is 2.08. The number of halogens is 3. The van der Waals surface area contributed by atoms with Gasteiger partial charge in [-0.3, -0.25) is 5.10 Å². The van der Waals surface area contributed by atoms with Crippen LogP contribution < -0.4 is 4.90 Å². The molecule has 166 valence electrons.